The topological polar surface area (TPSA) is 87.0 Å². The number of carbonyl (C=O) groups excluding carboxylic acids is 1. The highest BCUT2D eigenvalue weighted by molar-refractivity contribution is 6.09. The number of nitrogens with zero attached hydrogens (tertiary/aromatic N) is 1. The van der Waals surface area contributed by atoms with E-state index in [1.54, 1.807) is 14.0 Å². The lowest BCUT2D eigenvalue weighted by Crippen LogP contribution is -2.14. The Bertz CT molecular complexity index is 1410. The van der Waals surface area contributed by atoms with Gasteiger partial charge in [-0.2, -0.15) is 0 Å². The fraction of sp³-hybridized carbons (Fsp3) is 0.444. The number of ether oxygens (including phenoxy) is 3. The number of aliphatic carboxylic acids is 1. The highest BCUT2D eigenvalue weighted by Crippen LogP contribution is 2.38. The third-order valence-corrected chi connectivity index (χ3v) is 6.97. The molecule has 3 aromatic rings. The first-order chi connectivity index (χ1) is 20.7. The molecule has 1 heterocycles. The molecule has 2 aromatic carbocycles. The maximum atomic E-state index is 13.3. The summed E-state index contributed by atoms with van der Waals surface area (Å²) in [6.07, 6.45) is 7.44. The second-order valence-corrected chi connectivity index (χ2v) is 10.3. The molecule has 1 saturated carbocycles. The number of fused-ring (bicyclic) bond motifs is 1. The molecule has 234 valence electrons. The largest absolute Gasteiger partial charge is 0.502 e. The van der Waals surface area contributed by atoms with E-state index in [1.807, 2.05) is 93.8 Å². The smallest absolute Gasteiger partial charge is 0.355 e. The SMILES string of the molecule is C/C=C(\C)Cn1c(C(=O)OCC)c(-c2cccc(OCC3CC3)c2)c2cc(CC(=O)O)ccc21.CC.CC/C=C(\C)OC. The summed E-state index contributed by atoms with van der Waals surface area (Å²) in [6, 6.07) is 13.3. The fourth-order valence-electron chi connectivity index (χ4n) is 4.51. The summed E-state index contributed by atoms with van der Waals surface area (Å²) in [5.74, 6) is 1.09. The molecule has 1 aromatic heterocycles. The number of carbonyl (C=O) groups is 2. The molecule has 1 aliphatic carbocycles. The minimum absolute atomic E-state index is 0.0896. The van der Waals surface area contributed by atoms with E-state index < -0.39 is 11.9 Å². The van der Waals surface area contributed by atoms with Crippen LogP contribution in [0.25, 0.3) is 22.0 Å². The van der Waals surface area contributed by atoms with Crippen LogP contribution in [0.1, 0.15) is 83.8 Å². The van der Waals surface area contributed by atoms with Crippen LogP contribution >= 0.6 is 0 Å². The summed E-state index contributed by atoms with van der Waals surface area (Å²) in [6.45, 7) is 15.3. The Labute approximate surface area is 257 Å². The Morgan fingerprint density at radius 3 is 2.35 bits per heavy atom. The number of methoxy groups -OCH3 is 1. The first kappa shape index (κ1) is 35.2. The van der Waals surface area contributed by atoms with Gasteiger partial charge < -0.3 is 23.9 Å². The van der Waals surface area contributed by atoms with Crippen LogP contribution in [0.4, 0.5) is 0 Å². The molecule has 0 unspecified atom stereocenters. The van der Waals surface area contributed by atoms with Gasteiger partial charge in [-0.15, -0.1) is 0 Å². The van der Waals surface area contributed by atoms with Crippen LogP contribution in [-0.4, -0.2) is 41.9 Å². The molecular formula is C36H49NO6. The van der Waals surface area contributed by atoms with Gasteiger partial charge in [0.2, 0.25) is 0 Å². The number of allylic oxidation sites excluding steroid dienone is 4. The minimum atomic E-state index is -0.897. The molecule has 7 heteroatoms. The lowest BCUT2D eigenvalue weighted by molar-refractivity contribution is -0.136. The third kappa shape index (κ3) is 10.3. The molecule has 7 nitrogen and oxygen atoms in total. The Hall–Kier alpha value is -4.00. The quantitative estimate of drug-likeness (QED) is 0.129. The molecule has 4 rings (SSSR count). The standard InChI is InChI=1S/C28H31NO5.C6H12O.C2H6/c1-4-18(3)16-29-24-12-11-20(14-25(30)31)13-23(24)26(27(29)28(32)33-5-2)21-7-6-8-22(15-21)34-17-19-9-10-19;1-4-5-6(2)7-3;1-2/h4,6-8,11-13,15,19H,5,9-10,14,16-17H2,1-3H3,(H,30,31);5H,4H2,1-3H3;1-2H3/b18-4+;6-5+;. The van der Waals surface area contributed by atoms with Gasteiger partial charge in [0, 0.05) is 23.0 Å². The zero-order valence-electron chi connectivity index (χ0n) is 27.2. The van der Waals surface area contributed by atoms with Crippen LogP contribution in [0.5, 0.6) is 5.75 Å². The van der Waals surface area contributed by atoms with Crippen LogP contribution in [0, 0.1) is 5.92 Å². The average Bonchev–Trinajstić information content (AvgIpc) is 3.78. The van der Waals surface area contributed by atoms with Crippen molar-refractivity contribution in [2.75, 3.05) is 20.3 Å². The lowest BCUT2D eigenvalue weighted by Gasteiger charge is -2.13. The van der Waals surface area contributed by atoms with Gasteiger partial charge in [-0.25, -0.2) is 4.79 Å². The normalized spacial score (nSPS) is 12.9. The molecule has 0 radical (unpaired) electrons. The number of benzene rings is 2. The number of carboxylic acids is 1. The molecule has 1 fully saturated rings. The summed E-state index contributed by atoms with van der Waals surface area (Å²) in [5, 5.41) is 10.2. The van der Waals surface area contributed by atoms with Gasteiger partial charge >= 0.3 is 11.9 Å². The molecule has 0 aliphatic heterocycles. The summed E-state index contributed by atoms with van der Waals surface area (Å²) in [5.41, 5.74) is 4.68. The number of esters is 1. The zero-order valence-corrected chi connectivity index (χ0v) is 27.2. The Morgan fingerprint density at radius 2 is 1.79 bits per heavy atom. The number of aromatic nitrogens is 1. The molecule has 1 N–H and O–H groups in total. The van der Waals surface area contributed by atoms with E-state index in [0.29, 0.717) is 30.3 Å². The van der Waals surface area contributed by atoms with Gasteiger partial charge in [-0.05, 0) is 94.3 Å². The van der Waals surface area contributed by atoms with Gasteiger partial charge in [0.05, 0.1) is 32.5 Å². The van der Waals surface area contributed by atoms with E-state index in [2.05, 4.69) is 6.92 Å². The molecule has 0 spiro atoms. The molecule has 43 heavy (non-hydrogen) atoms. The van der Waals surface area contributed by atoms with Gasteiger partial charge in [-0.1, -0.05) is 50.6 Å². The maximum Gasteiger partial charge on any atom is 0.355 e. The number of hydrogen-bond donors (Lipinski definition) is 1. The van der Waals surface area contributed by atoms with Crippen molar-refractivity contribution in [3.8, 4) is 16.9 Å². The number of rotatable bonds is 12. The summed E-state index contributed by atoms with van der Waals surface area (Å²) in [7, 11) is 1.68. The Kier molecular flexibility index (Phi) is 14.6. The highest BCUT2D eigenvalue weighted by Gasteiger charge is 2.26. The first-order valence-electron chi connectivity index (χ1n) is 15.3. The molecule has 0 amide bonds. The fourth-order valence-corrected chi connectivity index (χ4v) is 4.51. The summed E-state index contributed by atoms with van der Waals surface area (Å²) >= 11 is 0. The van der Waals surface area contributed by atoms with Gasteiger partial charge in [0.15, 0.2) is 0 Å². The number of carboxylic acid groups (broad SMARTS) is 1. The predicted molar refractivity (Wildman–Crippen MR) is 175 cm³/mol. The molecule has 0 bridgehead atoms. The second kappa shape index (κ2) is 17.8. The lowest BCUT2D eigenvalue weighted by atomic mass is 9.99. The van der Waals surface area contributed by atoms with Crippen LogP contribution in [0.15, 0.2) is 65.9 Å². The minimum Gasteiger partial charge on any atom is -0.502 e. The molecule has 0 atom stereocenters. The molecule has 0 saturated heterocycles. The zero-order chi connectivity index (χ0) is 31.9. The molecular weight excluding hydrogens is 542 g/mol. The third-order valence-electron chi connectivity index (χ3n) is 6.97. The van der Waals surface area contributed by atoms with Crippen LogP contribution in [0.2, 0.25) is 0 Å². The van der Waals surface area contributed by atoms with Crippen LogP contribution in [-0.2, 0) is 27.2 Å². The summed E-state index contributed by atoms with van der Waals surface area (Å²) < 4.78 is 18.3. The van der Waals surface area contributed by atoms with E-state index in [0.717, 1.165) is 45.5 Å². The van der Waals surface area contributed by atoms with Gasteiger partial charge in [-0.3, -0.25) is 4.79 Å². The van der Waals surface area contributed by atoms with Crippen LogP contribution < -0.4 is 4.74 Å². The van der Waals surface area contributed by atoms with Crippen molar-refractivity contribution in [2.24, 2.45) is 5.92 Å². The van der Waals surface area contributed by atoms with Crippen molar-refractivity contribution in [3.63, 3.8) is 0 Å². The van der Waals surface area contributed by atoms with Crippen molar-refractivity contribution in [2.45, 2.75) is 80.7 Å². The maximum absolute atomic E-state index is 13.3. The van der Waals surface area contributed by atoms with E-state index in [-0.39, 0.29) is 13.0 Å². The van der Waals surface area contributed by atoms with E-state index in [4.69, 9.17) is 14.2 Å². The second-order valence-electron chi connectivity index (χ2n) is 10.3. The van der Waals surface area contributed by atoms with Crippen molar-refractivity contribution < 1.29 is 28.9 Å². The number of hydrogen-bond acceptors (Lipinski definition) is 5. The monoisotopic (exact) mass is 591 g/mol. The molecule has 1 aliphatic rings. The highest BCUT2D eigenvalue weighted by atomic mass is 16.5. The first-order valence-corrected chi connectivity index (χ1v) is 15.3. The van der Waals surface area contributed by atoms with E-state index >= 15 is 0 Å². The van der Waals surface area contributed by atoms with Crippen LogP contribution in [0.3, 0.4) is 0 Å². The average molecular weight is 592 g/mol. The van der Waals surface area contributed by atoms with Crippen molar-refractivity contribution in [3.05, 3.63) is 77.2 Å². The summed E-state index contributed by atoms with van der Waals surface area (Å²) in [4.78, 5) is 24.7. The van der Waals surface area contributed by atoms with E-state index in [9.17, 15) is 14.7 Å². The van der Waals surface area contributed by atoms with Gasteiger partial charge in [0.25, 0.3) is 0 Å². The van der Waals surface area contributed by atoms with Crippen molar-refractivity contribution in [1.82, 2.24) is 4.57 Å². The van der Waals surface area contributed by atoms with E-state index in [1.165, 1.54) is 12.8 Å². The van der Waals surface area contributed by atoms with Crippen molar-refractivity contribution in [1.29, 1.82) is 0 Å². The Balaban J connectivity index is 0.000000631. The predicted octanol–water partition coefficient (Wildman–Crippen LogP) is 8.84. The Morgan fingerprint density at radius 1 is 1.07 bits per heavy atom. The van der Waals surface area contributed by atoms with Gasteiger partial charge in [0.1, 0.15) is 11.4 Å². The van der Waals surface area contributed by atoms with Crippen molar-refractivity contribution >= 4 is 22.8 Å².